The number of rotatable bonds is 3. The molecule has 0 unspecified atom stereocenters. The van der Waals surface area contributed by atoms with E-state index in [9.17, 15) is 4.79 Å². The SMILES string of the molecule is Cc1ccc2nc(NC(=O)c3ccc(CBr)cc3)sc2c1. The molecule has 0 aliphatic carbocycles. The normalized spacial score (nSPS) is 10.8. The summed E-state index contributed by atoms with van der Waals surface area (Å²) in [6.45, 7) is 2.04. The first kappa shape index (κ1) is 14.2. The number of hydrogen-bond acceptors (Lipinski definition) is 3. The van der Waals surface area contributed by atoms with Crippen LogP contribution in [0.15, 0.2) is 42.5 Å². The molecule has 1 aromatic heterocycles. The number of aryl methyl sites for hydroxylation is 1. The molecule has 1 heterocycles. The monoisotopic (exact) mass is 360 g/mol. The summed E-state index contributed by atoms with van der Waals surface area (Å²) in [7, 11) is 0. The highest BCUT2D eigenvalue weighted by Gasteiger charge is 2.10. The average Bonchev–Trinajstić information content (AvgIpc) is 2.88. The van der Waals surface area contributed by atoms with Gasteiger partial charge in [0.2, 0.25) is 0 Å². The Bertz CT molecular complexity index is 796. The van der Waals surface area contributed by atoms with Crippen LogP contribution in [0.1, 0.15) is 21.5 Å². The molecule has 0 atom stereocenters. The second-order valence-corrected chi connectivity index (χ2v) is 6.37. The molecule has 106 valence electrons. The molecule has 0 bridgehead atoms. The van der Waals surface area contributed by atoms with E-state index < -0.39 is 0 Å². The van der Waals surface area contributed by atoms with Crippen LogP contribution in [0.4, 0.5) is 5.13 Å². The zero-order chi connectivity index (χ0) is 14.8. The van der Waals surface area contributed by atoms with E-state index in [0.29, 0.717) is 10.7 Å². The van der Waals surface area contributed by atoms with Gasteiger partial charge in [0.25, 0.3) is 5.91 Å². The number of anilines is 1. The van der Waals surface area contributed by atoms with Crippen LogP contribution in [-0.4, -0.2) is 10.9 Å². The molecule has 2 aromatic carbocycles. The van der Waals surface area contributed by atoms with Crippen LogP contribution in [0.5, 0.6) is 0 Å². The minimum atomic E-state index is -0.132. The Morgan fingerprint density at radius 2 is 2.00 bits per heavy atom. The van der Waals surface area contributed by atoms with Crippen molar-refractivity contribution < 1.29 is 4.79 Å². The Morgan fingerprint density at radius 1 is 1.24 bits per heavy atom. The number of carbonyl (C=O) groups excluding carboxylic acids is 1. The number of benzene rings is 2. The molecular weight excluding hydrogens is 348 g/mol. The molecule has 0 aliphatic heterocycles. The van der Waals surface area contributed by atoms with Gasteiger partial charge in [-0.25, -0.2) is 4.98 Å². The van der Waals surface area contributed by atoms with E-state index in [4.69, 9.17) is 0 Å². The minimum Gasteiger partial charge on any atom is -0.298 e. The number of nitrogens with zero attached hydrogens (tertiary/aromatic N) is 1. The Morgan fingerprint density at radius 3 is 2.71 bits per heavy atom. The second-order valence-electron chi connectivity index (χ2n) is 4.77. The quantitative estimate of drug-likeness (QED) is 0.684. The van der Waals surface area contributed by atoms with E-state index in [2.05, 4.69) is 32.3 Å². The van der Waals surface area contributed by atoms with E-state index in [-0.39, 0.29) is 5.91 Å². The lowest BCUT2D eigenvalue weighted by atomic mass is 10.1. The molecule has 3 rings (SSSR count). The summed E-state index contributed by atoms with van der Waals surface area (Å²) in [5, 5.41) is 4.27. The van der Waals surface area contributed by atoms with Gasteiger partial charge >= 0.3 is 0 Å². The molecular formula is C16H13BrN2OS. The first-order chi connectivity index (χ1) is 10.2. The fourth-order valence-electron chi connectivity index (χ4n) is 2.00. The molecule has 0 saturated heterocycles. The Balaban J connectivity index is 1.81. The molecule has 1 N–H and O–H groups in total. The molecule has 0 spiro atoms. The highest BCUT2D eigenvalue weighted by Crippen LogP contribution is 2.27. The first-order valence-electron chi connectivity index (χ1n) is 6.49. The van der Waals surface area contributed by atoms with Gasteiger partial charge in [-0.3, -0.25) is 10.1 Å². The lowest BCUT2D eigenvalue weighted by Gasteiger charge is -2.02. The summed E-state index contributed by atoms with van der Waals surface area (Å²) >= 11 is 4.88. The van der Waals surface area contributed by atoms with Crippen molar-refractivity contribution in [3.8, 4) is 0 Å². The van der Waals surface area contributed by atoms with Crippen molar-refractivity contribution in [3.05, 3.63) is 59.2 Å². The largest absolute Gasteiger partial charge is 0.298 e. The maximum absolute atomic E-state index is 12.2. The van der Waals surface area contributed by atoms with Crippen LogP contribution >= 0.6 is 27.3 Å². The van der Waals surface area contributed by atoms with E-state index in [1.54, 1.807) is 0 Å². The zero-order valence-corrected chi connectivity index (χ0v) is 13.8. The summed E-state index contributed by atoms with van der Waals surface area (Å²) in [5.74, 6) is -0.132. The van der Waals surface area contributed by atoms with Crippen molar-refractivity contribution in [2.75, 3.05) is 5.32 Å². The zero-order valence-electron chi connectivity index (χ0n) is 11.4. The molecule has 3 aromatic rings. The van der Waals surface area contributed by atoms with Gasteiger partial charge in [-0.2, -0.15) is 0 Å². The average molecular weight is 361 g/mol. The van der Waals surface area contributed by atoms with Crippen LogP contribution in [0.3, 0.4) is 0 Å². The fourth-order valence-corrected chi connectivity index (χ4v) is 3.33. The number of aromatic nitrogens is 1. The lowest BCUT2D eigenvalue weighted by molar-refractivity contribution is 0.102. The van der Waals surface area contributed by atoms with E-state index in [0.717, 1.165) is 21.1 Å². The summed E-state index contributed by atoms with van der Waals surface area (Å²) < 4.78 is 1.08. The Labute approximate surface area is 135 Å². The molecule has 5 heteroatoms. The first-order valence-corrected chi connectivity index (χ1v) is 8.43. The van der Waals surface area contributed by atoms with Crippen LogP contribution in [0.25, 0.3) is 10.2 Å². The second kappa shape index (κ2) is 5.95. The fraction of sp³-hybridized carbons (Fsp3) is 0.125. The van der Waals surface area contributed by atoms with E-state index >= 15 is 0 Å². The summed E-state index contributed by atoms with van der Waals surface area (Å²) in [5.41, 5.74) is 3.88. The van der Waals surface area contributed by atoms with Crippen LogP contribution in [0.2, 0.25) is 0 Å². The van der Waals surface area contributed by atoms with Crippen LogP contribution in [-0.2, 0) is 5.33 Å². The topological polar surface area (TPSA) is 42.0 Å². The van der Waals surface area contributed by atoms with Crippen LogP contribution < -0.4 is 5.32 Å². The van der Waals surface area contributed by atoms with Crippen LogP contribution in [0, 0.1) is 6.92 Å². The van der Waals surface area contributed by atoms with Gasteiger partial charge in [0.1, 0.15) is 0 Å². The van der Waals surface area contributed by atoms with Gasteiger partial charge in [0.15, 0.2) is 5.13 Å². The lowest BCUT2D eigenvalue weighted by Crippen LogP contribution is -2.11. The number of thiazole rings is 1. The third kappa shape index (κ3) is 3.14. The molecule has 21 heavy (non-hydrogen) atoms. The van der Waals surface area contributed by atoms with Gasteiger partial charge in [-0.05, 0) is 42.3 Å². The molecule has 1 amide bonds. The smallest absolute Gasteiger partial charge is 0.257 e. The maximum Gasteiger partial charge on any atom is 0.257 e. The minimum absolute atomic E-state index is 0.132. The predicted octanol–water partition coefficient (Wildman–Crippen LogP) is 4.75. The van der Waals surface area contributed by atoms with Crippen molar-refractivity contribution in [1.82, 2.24) is 4.98 Å². The highest BCUT2D eigenvalue weighted by molar-refractivity contribution is 9.08. The summed E-state index contributed by atoms with van der Waals surface area (Å²) in [6.07, 6.45) is 0. The van der Waals surface area contributed by atoms with Gasteiger partial charge in [-0.15, -0.1) is 0 Å². The standard InChI is InChI=1S/C16H13BrN2OS/c1-10-2-7-13-14(8-10)21-16(18-13)19-15(20)12-5-3-11(9-17)4-6-12/h2-8H,9H2,1H3,(H,18,19,20). The molecule has 0 radical (unpaired) electrons. The van der Waals surface area contributed by atoms with Crippen molar-refractivity contribution in [2.45, 2.75) is 12.3 Å². The number of alkyl halides is 1. The van der Waals surface area contributed by atoms with Gasteiger partial charge < -0.3 is 0 Å². The number of nitrogens with one attached hydrogen (secondary N) is 1. The molecule has 0 aliphatic rings. The predicted molar refractivity (Wildman–Crippen MR) is 91.4 cm³/mol. The molecule has 0 fully saturated rings. The molecule has 0 saturated carbocycles. The van der Waals surface area contributed by atoms with Crippen molar-refractivity contribution in [2.24, 2.45) is 0 Å². The van der Waals surface area contributed by atoms with Gasteiger partial charge in [0, 0.05) is 10.9 Å². The number of fused-ring (bicyclic) bond motifs is 1. The summed E-state index contributed by atoms with van der Waals surface area (Å²) in [6, 6.07) is 13.6. The molecule has 3 nitrogen and oxygen atoms in total. The van der Waals surface area contributed by atoms with E-state index in [1.807, 2.05) is 43.3 Å². The van der Waals surface area contributed by atoms with Crippen molar-refractivity contribution in [3.63, 3.8) is 0 Å². The number of carbonyl (C=O) groups is 1. The number of amides is 1. The Kier molecular flexibility index (Phi) is 4.03. The van der Waals surface area contributed by atoms with Gasteiger partial charge in [0.05, 0.1) is 10.2 Å². The number of halogens is 1. The Hall–Kier alpha value is -1.72. The maximum atomic E-state index is 12.2. The van der Waals surface area contributed by atoms with Gasteiger partial charge in [-0.1, -0.05) is 45.5 Å². The van der Waals surface area contributed by atoms with E-state index in [1.165, 1.54) is 16.9 Å². The third-order valence-electron chi connectivity index (χ3n) is 3.13. The highest BCUT2D eigenvalue weighted by atomic mass is 79.9. The van der Waals surface area contributed by atoms with Crippen molar-refractivity contribution in [1.29, 1.82) is 0 Å². The third-order valence-corrected chi connectivity index (χ3v) is 4.72. The van der Waals surface area contributed by atoms with Crippen molar-refractivity contribution >= 4 is 48.5 Å². The number of hydrogen-bond donors (Lipinski definition) is 1. The summed E-state index contributed by atoms with van der Waals surface area (Å²) in [4.78, 5) is 16.6.